The van der Waals surface area contributed by atoms with E-state index in [4.69, 9.17) is 0 Å². The molecule has 146 valence electrons. The fraction of sp³-hybridized carbons (Fsp3) is 0.391. The summed E-state index contributed by atoms with van der Waals surface area (Å²) in [6.07, 6.45) is 10.4. The molecule has 1 heterocycles. The van der Waals surface area contributed by atoms with Crippen LogP contribution < -0.4 is 0 Å². The summed E-state index contributed by atoms with van der Waals surface area (Å²) in [7, 11) is 0. The molecule has 0 radical (unpaired) electrons. The minimum Gasteiger partial charge on any atom is -0.265 e. The van der Waals surface area contributed by atoms with Gasteiger partial charge < -0.3 is 0 Å². The Balaban J connectivity index is 1.48. The molecule has 3 nitrogen and oxygen atoms in total. The van der Waals surface area contributed by atoms with Gasteiger partial charge in [-0.15, -0.1) is 0 Å². The zero-order valence-electron chi connectivity index (χ0n) is 15.9. The number of H-pyrrole nitrogens is 1. The van der Waals surface area contributed by atoms with Gasteiger partial charge >= 0.3 is 0 Å². The lowest BCUT2D eigenvalue weighted by molar-refractivity contribution is 0.331. The Hall–Kier alpha value is -2.56. The van der Waals surface area contributed by atoms with Crippen molar-refractivity contribution in [2.75, 3.05) is 0 Å². The summed E-state index contributed by atoms with van der Waals surface area (Å²) in [5.41, 5.74) is 2.29. The number of nitrogens with one attached hydrogen (secondary N) is 1. The van der Waals surface area contributed by atoms with Crippen LogP contribution in [0, 0.1) is 17.6 Å². The van der Waals surface area contributed by atoms with E-state index in [1.165, 1.54) is 50.6 Å². The lowest BCUT2D eigenvalue weighted by Crippen LogP contribution is -2.07. The van der Waals surface area contributed by atoms with Crippen molar-refractivity contribution in [1.29, 1.82) is 0 Å². The second-order valence-electron chi connectivity index (χ2n) is 7.72. The molecule has 1 aliphatic carbocycles. The molecule has 0 atom stereocenters. The highest BCUT2D eigenvalue weighted by Gasteiger charge is 2.16. The predicted octanol–water partition coefficient (Wildman–Crippen LogP) is 6.32. The Morgan fingerprint density at radius 3 is 2.39 bits per heavy atom. The standard InChI is InChI=1S/C23H25F2N3/c24-21-13-19(17-9-5-10-18(12-17)23-26-15-27-28-23)14-22(25)20(21)11-4-8-16-6-2-1-3-7-16/h5,9-10,12-16H,1-4,6-8,11H2,(H,26,27,28). The highest BCUT2D eigenvalue weighted by Crippen LogP contribution is 2.30. The fourth-order valence-electron chi connectivity index (χ4n) is 4.24. The molecule has 0 unspecified atom stereocenters. The Labute approximate surface area is 164 Å². The van der Waals surface area contributed by atoms with Crippen LogP contribution in [0.1, 0.15) is 50.5 Å². The van der Waals surface area contributed by atoms with Crippen LogP contribution in [0.4, 0.5) is 8.78 Å². The van der Waals surface area contributed by atoms with Gasteiger partial charge in [0.25, 0.3) is 0 Å². The lowest BCUT2D eigenvalue weighted by atomic mass is 9.85. The molecule has 3 aromatic rings. The number of nitrogens with zero attached hydrogens (tertiary/aromatic N) is 2. The molecule has 0 spiro atoms. The summed E-state index contributed by atoms with van der Waals surface area (Å²) in [6, 6.07) is 10.3. The smallest absolute Gasteiger partial charge is 0.180 e. The van der Waals surface area contributed by atoms with Crippen molar-refractivity contribution in [3.8, 4) is 22.5 Å². The molecule has 0 aliphatic heterocycles. The number of aromatic nitrogens is 3. The first-order valence-corrected chi connectivity index (χ1v) is 10.2. The van der Waals surface area contributed by atoms with E-state index in [0.717, 1.165) is 29.9 Å². The molecule has 1 aliphatic rings. The second kappa shape index (κ2) is 8.63. The van der Waals surface area contributed by atoms with Crippen LogP contribution in [-0.2, 0) is 6.42 Å². The molecular formula is C23H25F2N3. The SMILES string of the molecule is Fc1cc(-c2cccc(-c3nc[nH]n3)c2)cc(F)c1CCCC1CCCCC1. The highest BCUT2D eigenvalue weighted by molar-refractivity contribution is 5.70. The van der Waals surface area contributed by atoms with Gasteiger partial charge in [0, 0.05) is 11.1 Å². The molecule has 28 heavy (non-hydrogen) atoms. The normalized spacial score (nSPS) is 15.1. The number of rotatable bonds is 6. The highest BCUT2D eigenvalue weighted by atomic mass is 19.1. The van der Waals surface area contributed by atoms with Crippen molar-refractivity contribution in [1.82, 2.24) is 15.2 Å². The summed E-state index contributed by atoms with van der Waals surface area (Å²) < 4.78 is 29.3. The average Bonchev–Trinajstić information content (AvgIpc) is 3.26. The maximum Gasteiger partial charge on any atom is 0.180 e. The third kappa shape index (κ3) is 4.29. The first kappa shape index (κ1) is 18.8. The van der Waals surface area contributed by atoms with E-state index in [9.17, 15) is 8.78 Å². The van der Waals surface area contributed by atoms with Crippen LogP contribution in [0.5, 0.6) is 0 Å². The van der Waals surface area contributed by atoms with Crippen molar-refractivity contribution in [3.63, 3.8) is 0 Å². The third-order valence-corrected chi connectivity index (χ3v) is 5.77. The van der Waals surface area contributed by atoms with Crippen LogP contribution in [0.2, 0.25) is 0 Å². The summed E-state index contributed by atoms with van der Waals surface area (Å²) in [5.74, 6) is 0.378. The number of halogens is 2. The topological polar surface area (TPSA) is 41.6 Å². The molecule has 4 rings (SSSR count). The number of benzene rings is 2. The van der Waals surface area contributed by atoms with Gasteiger partial charge in [-0.2, -0.15) is 5.10 Å². The van der Waals surface area contributed by atoms with Crippen LogP contribution in [-0.4, -0.2) is 15.2 Å². The Kier molecular flexibility index (Phi) is 5.79. The minimum absolute atomic E-state index is 0.213. The van der Waals surface area contributed by atoms with Crippen LogP contribution in [0.3, 0.4) is 0 Å². The van der Waals surface area contributed by atoms with E-state index in [-0.39, 0.29) is 5.56 Å². The van der Waals surface area contributed by atoms with Gasteiger partial charge in [0.15, 0.2) is 5.82 Å². The van der Waals surface area contributed by atoms with Gasteiger partial charge in [0.2, 0.25) is 0 Å². The van der Waals surface area contributed by atoms with Gasteiger partial charge in [-0.1, -0.05) is 56.7 Å². The Morgan fingerprint density at radius 2 is 1.68 bits per heavy atom. The third-order valence-electron chi connectivity index (χ3n) is 5.77. The van der Waals surface area contributed by atoms with E-state index in [1.807, 2.05) is 24.3 Å². The Morgan fingerprint density at radius 1 is 0.929 bits per heavy atom. The first-order valence-electron chi connectivity index (χ1n) is 10.2. The van der Waals surface area contributed by atoms with Crippen LogP contribution in [0.25, 0.3) is 22.5 Å². The minimum atomic E-state index is -0.457. The molecule has 1 N–H and O–H groups in total. The maximum atomic E-state index is 14.7. The maximum absolute atomic E-state index is 14.7. The quantitative estimate of drug-likeness (QED) is 0.543. The lowest BCUT2D eigenvalue weighted by Gasteiger charge is -2.21. The number of hydrogen-bond donors (Lipinski definition) is 1. The van der Waals surface area contributed by atoms with Gasteiger partial charge in [-0.3, -0.25) is 5.10 Å². The zero-order valence-corrected chi connectivity index (χ0v) is 15.9. The van der Waals surface area contributed by atoms with Crippen molar-refractivity contribution in [2.24, 2.45) is 5.92 Å². The van der Waals surface area contributed by atoms with E-state index < -0.39 is 11.6 Å². The van der Waals surface area contributed by atoms with Gasteiger partial charge in [-0.25, -0.2) is 13.8 Å². The van der Waals surface area contributed by atoms with E-state index >= 15 is 0 Å². The largest absolute Gasteiger partial charge is 0.265 e. The van der Waals surface area contributed by atoms with Crippen molar-refractivity contribution in [3.05, 3.63) is 59.9 Å². The molecule has 0 bridgehead atoms. The molecule has 5 heteroatoms. The average molecular weight is 381 g/mol. The molecule has 1 aromatic heterocycles. The zero-order chi connectivity index (χ0) is 19.3. The van der Waals surface area contributed by atoms with Gasteiger partial charge in [0.1, 0.15) is 18.0 Å². The summed E-state index contributed by atoms with van der Waals surface area (Å²) >= 11 is 0. The second-order valence-corrected chi connectivity index (χ2v) is 7.72. The monoisotopic (exact) mass is 381 g/mol. The molecule has 1 saturated carbocycles. The van der Waals surface area contributed by atoms with Gasteiger partial charge in [-0.05, 0) is 48.1 Å². The van der Waals surface area contributed by atoms with Crippen molar-refractivity contribution in [2.45, 2.75) is 51.4 Å². The molecular weight excluding hydrogens is 356 g/mol. The van der Waals surface area contributed by atoms with Gasteiger partial charge in [0.05, 0.1) is 0 Å². The summed E-state index contributed by atoms with van der Waals surface area (Å²) in [6.45, 7) is 0. The first-order chi connectivity index (χ1) is 13.7. The van der Waals surface area contributed by atoms with Crippen LogP contribution >= 0.6 is 0 Å². The molecule has 0 amide bonds. The summed E-state index contributed by atoms with van der Waals surface area (Å²) in [4.78, 5) is 4.13. The van der Waals surface area contributed by atoms with E-state index in [0.29, 0.717) is 17.8 Å². The summed E-state index contributed by atoms with van der Waals surface area (Å²) in [5, 5.41) is 6.73. The van der Waals surface area contributed by atoms with Crippen molar-refractivity contribution < 1.29 is 8.78 Å². The van der Waals surface area contributed by atoms with Crippen LogP contribution in [0.15, 0.2) is 42.7 Å². The molecule has 0 saturated heterocycles. The van der Waals surface area contributed by atoms with E-state index in [1.54, 1.807) is 0 Å². The fourth-order valence-corrected chi connectivity index (χ4v) is 4.24. The molecule has 1 fully saturated rings. The van der Waals surface area contributed by atoms with Crippen molar-refractivity contribution >= 4 is 0 Å². The predicted molar refractivity (Wildman–Crippen MR) is 107 cm³/mol. The number of aromatic amines is 1. The van der Waals surface area contributed by atoms with E-state index in [2.05, 4.69) is 15.2 Å². The Bertz CT molecular complexity index is 892. The molecule has 2 aromatic carbocycles. The number of hydrogen-bond acceptors (Lipinski definition) is 2.